The van der Waals surface area contributed by atoms with E-state index < -0.39 is 0 Å². The lowest BCUT2D eigenvalue weighted by molar-refractivity contribution is -0.141. The second kappa shape index (κ2) is 10.1. The predicted molar refractivity (Wildman–Crippen MR) is 109 cm³/mol. The molecule has 0 radical (unpaired) electrons. The van der Waals surface area contributed by atoms with Gasteiger partial charge in [-0.05, 0) is 66.6 Å². The molecule has 0 unspecified atom stereocenters. The highest BCUT2D eigenvalue weighted by Gasteiger charge is 2.30. The summed E-state index contributed by atoms with van der Waals surface area (Å²) in [7, 11) is 0. The highest BCUT2D eigenvalue weighted by molar-refractivity contribution is 9.10. The molecule has 0 spiro atoms. The van der Waals surface area contributed by atoms with E-state index in [0.717, 1.165) is 49.0 Å². The van der Waals surface area contributed by atoms with E-state index in [1.165, 1.54) is 6.42 Å². The van der Waals surface area contributed by atoms with Crippen LogP contribution in [0.1, 0.15) is 44.9 Å². The summed E-state index contributed by atoms with van der Waals surface area (Å²) in [4.78, 5) is 29.0. The highest BCUT2D eigenvalue weighted by Crippen LogP contribution is 2.24. The Morgan fingerprint density at radius 3 is 2.41 bits per heavy atom. The Bertz CT molecular complexity index is 638. The maximum atomic E-state index is 12.6. The zero-order valence-corrected chi connectivity index (χ0v) is 17.5. The van der Waals surface area contributed by atoms with E-state index in [2.05, 4.69) is 15.9 Å². The van der Waals surface area contributed by atoms with Crippen LogP contribution in [0, 0.1) is 5.92 Å². The molecule has 6 heteroatoms. The summed E-state index contributed by atoms with van der Waals surface area (Å²) >= 11 is 3.45. The summed E-state index contributed by atoms with van der Waals surface area (Å²) in [6.45, 7) is 3.76. The Kier molecular flexibility index (Phi) is 7.56. The number of carbonyl (C=O) groups is 2. The summed E-state index contributed by atoms with van der Waals surface area (Å²) in [6.07, 6.45) is 6.29. The molecule has 0 N–H and O–H groups in total. The molecule has 2 amide bonds. The van der Waals surface area contributed by atoms with Crippen molar-refractivity contribution >= 4 is 27.7 Å². The number of rotatable bonds is 6. The molecule has 2 saturated heterocycles. The summed E-state index contributed by atoms with van der Waals surface area (Å²) in [5.74, 6) is 1.39. The van der Waals surface area contributed by atoms with E-state index in [9.17, 15) is 9.59 Å². The molecule has 0 atom stereocenters. The molecule has 2 aliphatic rings. The van der Waals surface area contributed by atoms with Crippen LogP contribution in [0.3, 0.4) is 0 Å². The smallest absolute Gasteiger partial charge is 0.225 e. The SMILES string of the molecule is O=C(CCCOc1ccccc1Br)N1CCC(C(=O)N2CCCCC2)CC1. The lowest BCUT2D eigenvalue weighted by atomic mass is 9.94. The third-order valence-electron chi connectivity index (χ3n) is 5.49. The second-order valence-electron chi connectivity index (χ2n) is 7.42. The number of carbonyl (C=O) groups excluding carboxylic acids is 2. The molecule has 0 aromatic heterocycles. The number of para-hydroxylation sites is 1. The number of hydrogen-bond donors (Lipinski definition) is 0. The minimum Gasteiger partial charge on any atom is -0.492 e. The van der Waals surface area contributed by atoms with E-state index in [0.29, 0.717) is 38.4 Å². The number of piperidine rings is 2. The van der Waals surface area contributed by atoms with Crippen LogP contribution in [-0.4, -0.2) is 54.4 Å². The molecule has 0 bridgehead atoms. The van der Waals surface area contributed by atoms with Crippen molar-refractivity contribution in [3.63, 3.8) is 0 Å². The van der Waals surface area contributed by atoms with Gasteiger partial charge in [-0.15, -0.1) is 0 Å². The third-order valence-corrected chi connectivity index (χ3v) is 6.15. The number of halogens is 1. The molecule has 5 nitrogen and oxygen atoms in total. The van der Waals surface area contributed by atoms with Crippen molar-refractivity contribution in [3.05, 3.63) is 28.7 Å². The molecule has 3 rings (SSSR count). The van der Waals surface area contributed by atoms with Crippen molar-refractivity contribution in [2.24, 2.45) is 5.92 Å². The average molecular weight is 437 g/mol. The number of ether oxygens (including phenoxy) is 1. The molecule has 1 aromatic rings. The molecule has 27 heavy (non-hydrogen) atoms. The van der Waals surface area contributed by atoms with Crippen LogP contribution in [0.2, 0.25) is 0 Å². The number of benzene rings is 1. The zero-order valence-electron chi connectivity index (χ0n) is 15.9. The standard InChI is InChI=1S/C21H29BrN2O3/c22-18-7-2-3-8-19(18)27-16-6-9-20(25)23-14-10-17(11-15-23)21(26)24-12-4-1-5-13-24/h2-3,7-8,17H,1,4-6,9-16H2. The zero-order chi connectivity index (χ0) is 19.1. The number of hydrogen-bond acceptors (Lipinski definition) is 3. The van der Waals surface area contributed by atoms with E-state index in [1.54, 1.807) is 0 Å². The van der Waals surface area contributed by atoms with Gasteiger partial charge in [-0.3, -0.25) is 9.59 Å². The molecule has 148 valence electrons. The van der Waals surface area contributed by atoms with Crippen LogP contribution < -0.4 is 4.74 Å². The first kappa shape index (κ1) is 20.2. The largest absolute Gasteiger partial charge is 0.492 e. The van der Waals surface area contributed by atoms with Crippen molar-refractivity contribution in [3.8, 4) is 5.75 Å². The topological polar surface area (TPSA) is 49.9 Å². The first-order valence-electron chi connectivity index (χ1n) is 10.1. The first-order chi connectivity index (χ1) is 13.1. The fraction of sp³-hybridized carbons (Fsp3) is 0.619. The summed E-state index contributed by atoms with van der Waals surface area (Å²) in [6, 6.07) is 7.73. The number of amides is 2. The van der Waals surface area contributed by atoms with Gasteiger partial charge in [0.05, 0.1) is 11.1 Å². The molecule has 0 saturated carbocycles. The van der Waals surface area contributed by atoms with Crippen molar-refractivity contribution in [1.29, 1.82) is 0 Å². The summed E-state index contributed by atoms with van der Waals surface area (Å²) in [5.41, 5.74) is 0. The number of likely N-dealkylation sites (tertiary alicyclic amines) is 2. The first-order valence-corrected chi connectivity index (χ1v) is 10.9. The van der Waals surface area contributed by atoms with E-state index in [1.807, 2.05) is 34.1 Å². The van der Waals surface area contributed by atoms with Gasteiger partial charge in [0.2, 0.25) is 11.8 Å². The lowest BCUT2D eigenvalue weighted by Gasteiger charge is -2.35. The second-order valence-corrected chi connectivity index (χ2v) is 8.28. The maximum absolute atomic E-state index is 12.6. The van der Waals surface area contributed by atoms with Crippen LogP contribution in [0.5, 0.6) is 5.75 Å². The molecule has 2 heterocycles. The van der Waals surface area contributed by atoms with Crippen LogP contribution in [0.4, 0.5) is 0 Å². The maximum Gasteiger partial charge on any atom is 0.225 e. The van der Waals surface area contributed by atoms with Crippen LogP contribution in [-0.2, 0) is 9.59 Å². The fourth-order valence-corrected chi connectivity index (χ4v) is 4.27. The Balaban J connectivity index is 1.34. The fourth-order valence-electron chi connectivity index (χ4n) is 3.87. The molecule has 0 aliphatic carbocycles. The van der Waals surface area contributed by atoms with Crippen molar-refractivity contribution in [2.45, 2.75) is 44.9 Å². The molecule has 2 aliphatic heterocycles. The van der Waals surface area contributed by atoms with Gasteiger partial charge in [-0.25, -0.2) is 0 Å². The van der Waals surface area contributed by atoms with Gasteiger partial charge in [-0.1, -0.05) is 12.1 Å². The normalized spacial score (nSPS) is 18.4. The summed E-state index contributed by atoms with van der Waals surface area (Å²) < 4.78 is 6.65. The van der Waals surface area contributed by atoms with Gasteiger partial charge in [-0.2, -0.15) is 0 Å². The molecule has 1 aromatic carbocycles. The van der Waals surface area contributed by atoms with Crippen molar-refractivity contribution in [1.82, 2.24) is 9.80 Å². The molecular weight excluding hydrogens is 408 g/mol. The molecular formula is C21H29BrN2O3. The predicted octanol–water partition coefficient (Wildman–Crippen LogP) is 3.86. The third kappa shape index (κ3) is 5.71. The highest BCUT2D eigenvalue weighted by atomic mass is 79.9. The van der Waals surface area contributed by atoms with Gasteiger partial charge in [0.15, 0.2) is 0 Å². The van der Waals surface area contributed by atoms with E-state index >= 15 is 0 Å². The van der Waals surface area contributed by atoms with E-state index in [4.69, 9.17) is 4.74 Å². The van der Waals surface area contributed by atoms with Crippen LogP contribution in [0.15, 0.2) is 28.7 Å². The minimum atomic E-state index is 0.103. The van der Waals surface area contributed by atoms with Crippen molar-refractivity contribution < 1.29 is 14.3 Å². The lowest BCUT2D eigenvalue weighted by Crippen LogP contribution is -2.45. The average Bonchev–Trinajstić information content (AvgIpc) is 2.72. The van der Waals surface area contributed by atoms with Crippen LogP contribution >= 0.6 is 15.9 Å². The molecule has 2 fully saturated rings. The quantitative estimate of drug-likeness (QED) is 0.636. The van der Waals surface area contributed by atoms with Gasteiger partial charge in [0.25, 0.3) is 0 Å². The Labute approximate surface area is 170 Å². The Morgan fingerprint density at radius 1 is 1.00 bits per heavy atom. The van der Waals surface area contributed by atoms with E-state index in [-0.39, 0.29) is 11.8 Å². The van der Waals surface area contributed by atoms with Crippen molar-refractivity contribution in [2.75, 3.05) is 32.8 Å². The minimum absolute atomic E-state index is 0.103. The van der Waals surface area contributed by atoms with Gasteiger partial charge >= 0.3 is 0 Å². The van der Waals surface area contributed by atoms with Gasteiger partial charge in [0, 0.05) is 38.5 Å². The van der Waals surface area contributed by atoms with Crippen LogP contribution in [0.25, 0.3) is 0 Å². The monoisotopic (exact) mass is 436 g/mol. The number of nitrogens with zero attached hydrogens (tertiary/aromatic N) is 2. The Morgan fingerprint density at radius 2 is 1.70 bits per heavy atom. The van der Waals surface area contributed by atoms with Gasteiger partial charge in [0.1, 0.15) is 5.75 Å². The van der Waals surface area contributed by atoms with Gasteiger partial charge < -0.3 is 14.5 Å². The summed E-state index contributed by atoms with van der Waals surface area (Å²) in [5, 5.41) is 0. The Hall–Kier alpha value is -1.56.